The quantitative estimate of drug-likeness (QED) is 0.489. The van der Waals surface area contributed by atoms with E-state index in [2.05, 4.69) is 10.6 Å². The number of carbonyl (C=O) groups is 3. The summed E-state index contributed by atoms with van der Waals surface area (Å²) in [4.78, 5) is 40.2. The maximum Gasteiger partial charge on any atom is 0.247 e. The number of aromatic hydroxyl groups is 1. The maximum atomic E-state index is 13.1. The molecule has 168 valence electrons. The smallest absolute Gasteiger partial charge is 0.247 e. The molecule has 3 amide bonds. The van der Waals surface area contributed by atoms with E-state index in [0.29, 0.717) is 0 Å². The third kappa shape index (κ3) is 5.38. The van der Waals surface area contributed by atoms with Crippen molar-refractivity contribution in [2.75, 3.05) is 16.8 Å². The van der Waals surface area contributed by atoms with E-state index in [1.807, 2.05) is 60.7 Å². The highest BCUT2D eigenvalue weighted by molar-refractivity contribution is 6.02. The van der Waals surface area contributed by atoms with Gasteiger partial charge in [-0.25, -0.2) is 0 Å². The van der Waals surface area contributed by atoms with Crippen LogP contribution in [0.5, 0.6) is 5.75 Å². The molecule has 0 unspecified atom stereocenters. The number of para-hydroxylation sites is 3. The molecule has 33 heavy (non-hydrogen) atoms. The fourth-order valence-corrected chi connectivity index (χ4v) is 3.89. The van der Waals surface area contributed by atoms with Gasteiger partial charge in [0.2, 0.25) is 17.7 Å². The van der Waals surface area contributed by atoms with E-state index in [0.717, 1.165) is 11.3 Å². The van der Waals surface area contributed by atoms with E-state index in [1.54, 1.807) is 23.1 Å². The molecule has 1 fully saturated rings. The van der Waals surface area contributed by atoms with Crippen LogP contribution in [-0.4, -0.2) is 35.4 Å². The van der Waals surface area contributed by atoms with Gasteiger partial charge in [-0.3, -0.25) is 14.4 Å². The van der Waals surface area contributed by atoms with Crippen molar-refractivity contribution in [1.82, 2.24) is 5.32 Å². The summed E-state index contributed by atoms with van der Waals surface area (Å²) >= 11 is 0. The molecule has 1 saturated heterocycles. The Balaban J connectivity index is 1.48. The topological polar surface area (TPSA) is 98.7 Å². The first kappa shape index (κ1) is 22.1. The second kappa shape index (κ2) is 9.99. The zero-order valence-corrected chi connectivity index (χ0v) is 18.0. The summed E-state index contributed by atoms with van der Waals surface area (Å²) in [5, 5.41) is 15.5. The standard InChI is InChI=1S/C26H25N3O4/c30-23-14-8-7-13-21(23)27-26(33)22(15-18-9-3-1-4-10-18)28-25(32)19-16-24(31)29(17-19)20-11-5-2-6-12-20/h1-14,19,22,30H,15-17H2,(H,27,33)(H,28,32)/t19-,22+/m1/s1. The van der Waals surface area contributed by atoms with E-state index in [4.69, 9.17) is 0 Å². The highest BCUT2D eigenvalue weighted by Gasteiger charge is 2.36. The normalized spacial score (nSPS) is 16.3. The lowest BCUT2D eigenvalue weighted by Gasteiger charge is -2.21. The molecule has 1 aliphatic heterocycles. The van der Waals surface area contributed by atoms with Crippen molar-refractivity contribution in [3.63, 3.8) is 0 Å². The fraction of sp³-hybridized carbons (Fsp3) is 0.192. The summed E-state index contributed by atoms with van der Waals surface area (Å²) in [7, 11) is 0. The van der Waals surface area contributed by atoms with Crippen molar-refractivity contribution in [3.8, 4) is 5.75 Å². The molecule has 1 heterocycles. The monoisotopic (exact) mass is 443 g/mol. The zero-order valence-electron chi connectivity index (χ0n) is 18.0. The van der Waals surface area contributed by atoms with Crippen LogP contribution < -0.4 is 15.5 Å². The number of carbonyl (C=O) groups excluding carboxylic acids is 3. The van der Waals surface area contributed by atoms with E-state index >= 15 is 0 Å². The Morgan fingerprint density at radius 1 is 0.939 bits per heavy atom. The summed E-state index contributed by atoms with van der Waals surface area (Å²) in [6.07, 6.45) is 0.356. The highest BCUT2D eigenvalue weighted by Crippen LogP contribution is 2.25. The van der Waals surface area contributed by atoms with Gasteiger partial charge in [0.1, 0.15) is 11.8 Å². The van der Waals surface area contributed by atoms with Gasteiger partial charge in [-0.05, 0) is 29.8 Å². The second-order valence-electron chi connectivity index (χ2n) is 8.00. The number of rotatable bonds is 7. The summed E-state index contributed by atoms with van der Waals surface area (Å²) in [5.41, 5.74) is 1.89. The SMILES string of the molecule is O=C(N[C@@H](Cc1ccccc1)C(=O)Nc1ccccc1O)[C@@H]1CC(=O)N(c2ccccc2)C1. The molecule has 4 rings (SSSR count). The number of phenols is 1. The van der Waals surface area contributed by atoms with Crippen molar-refractivity contribution in [2.45, 2.75) is 18.9 Å². The molecule has 2 atom stereocenters. The molecule has 1 aliphatic rings. The minimum Gasteiger partial charge on any atom is -0.506 e. The average molecular weight is 444 g/mol. The van der Waals surface area contributed by atoms with Crippen LogP contribution in [0, 0.1) is 5.92 Å². The summed E-state index contributed by atoms with van der Waals surface area (Å²) in [6, 6.07) is 24.1. The number of anilines is 2. The van der Waals surface area contributed by atoms with Crippen molar-refractivity contribution >= 4 is 29.1 Å². The van der Waals surface area contributed by atoms with Crippen LogP contribution in [0.25, 0.3) is 0 Å². The molecular formula is C26H25N3O4. The van der Waals surface area contributed by atoms with Crippen molar-refractivity contribution in [3.05, 3.63) is 90.5 Å². The zero-order chi connectivity index (χ0) is 23.2. The molecule has 0 bridgehead atoms. The van der Waals surface area contributed by atoms with Crippen LogP contribution in [0.15, 0.2) is 84.9 Å². The molecule has 7 heteroatoms. The number of amides is 3. The van der Waals surface area contributed by atoms with Crippen LogP contribution in [-0.2, 0) is 20.8 Å². The molecule has 3 aromatic rings. The van der Waals surface area contributed by atoms with E-state index in [-0.39, 0.29) is 42.6 Å². The molecular weight excluding hydrogens is 418 g/mol. The number of benzene rings is 3. The Hall–Kier alpha value is -4.13. The van der Waals surface area contributed by atoms with E-state index in [9.17, 15) is 19.5 Å². The Morgan fingerprint density at radius 2 is 1.58 bits per heavy atom. The average Bonchev–Trinajstić information content (AvgIpc) is 3.23. The first-order valence-corrected chi connectivity index (χ1v) is 10.8. The third-order valence-corrected chi connectivity index (χ3v) is 5.64. The number of nitrogens with one attached hydrogen (secondary N) is 2. The van der Waals surface area contributed by atoms with Gasteiger partial charge in [-0.15, -0.1) is 0 Å². The number of phenolic OH excluding ortho intramolecular Hbond substituents is 1. The fourth-order valence-electron chi connectivity index (χ4n) is 3.89. The molecule has 0 radical (unpaired) electrons. The largest absolute Gasteiger partial charge is 0.506 e. The molecule has 0 spiro atoms. The van der Waals surface area contributed by atoms with Gasteiger partial charge in [0.25, 0.3) is 0 Å². The minimum absolute atomic E-state index is 0.0597. The summed E-state index contributed by atoms with van der Waals surface area (Å²) < 4.78 is 0. The van der Waals surface area contributed by atoms with E-state index in [1.165, 1.54) is 6.07 Å². The number of hydrogen-bond donors (Lipinski definition) is 3. The van der Waals surface area contributed by atoms with Crippen molar-refractivity contribution < 1.29 is 19.5 Å². The Labute approximate surface area is 192 Å². The van der Waals surface area contributed by atoms with E-state index < -0.39 is 17.9 Å². The Bertz CT molecular complexity index is 1130. The first-order chi connectivity index (χ1) is 16.0. The molecule has 0 aromatic heterocycles. The lowest BCUT2D eigenvalue weighted by molar-refractivity contribution is -0.129. The maximum absolute atomic E-state index is 13.1. The molecule has 7 nitrogen and oxygen atoms in total. The third-order valence-electron chi connectivity index (χ3n) is 5.64. The summed E-state index contributed by atoms with van der Waals surface area (Å²) in [6.45, 7) is 0.258. The lowest BCUT2D eigenvalue weighted by Crippen LogP contribution is -2.47. The van der Waals surface area contributed by atoms with Crippen LogP contribution in [0.1, 0.15) is 12.0 Å². The number of nitrogens with zero attached hydrogens (tertiary/aromatic N) is 1. The van der Waals surface area contributed by atoms with Crippen molar-refractivity contribution in [1.29, 1.82) is 0 Å². The van der Waals surface area contributed by atoms with Gasteiger partial charge in [0, 0.05) is 25.1 Å². The van der Waals surface area contributed by atoms with Gasteiger partial charge in [0.05, 0.1) is 11.6 Å². The Morgan fingerprint density at radius 3 is 2.27 bits per heavy atom. The van der Waals surface area contributed by atoms with Gasteiger partial charge >= 0.3 is 0 Å². The lowest BCUT2D eigenvalue weighted by atomic mass is 10.0. The summed E-state index contributed by atoms with van der Waals surface area (Å²) in [5.74, 6) is -1.54. The molecule has 0 aliphatic carbocycles. The predicted molar refractivity (Wildman–Crippen MR) is 126 cm³/mol. The highest BCUT2D eigenvalue weighted by atomic mass is 16.3. The van der Waals surface area contributed by atoms with Crippen molar-refractivity contribution in [2.24, 2.45) is 5.92 Å². The predicted octanol–water partition coefficient (Wildman–Crippen LogP) is 3.11. The number of hydrogen-bond acceptors (Lipinski definition) is 4. The van der Waals surface area contributed by atoms with Gasteiger partial charge in [-0.1, -0.05) is 60.7 Å². The molecule has 3 aromatic carbocycles. The van der Waals surface area contributed by atoms with Gasteiger partial charge < -0.3 is 20.6 Å². The van der Waals surface area contributed by atoms with Gasteiger partial charge in [-0.2, -0.15) is 0 Å². The first-order valence-electron chi connectivity index (χ1n) is 10.8. The van der Waals surface area contributed by atoms with Crippen LogP contribution in [0.3, 0.4) is 0 Å². The Kier molecular flexibility index (Phi) is 6.69. The minimum atomic E-state index is -0.875. The molecule has 3 N–H and O–H groups in total. The van der Waals surface area contributed by atoms with Crippen LogP contribution in [0.2, 0.25) is 0 Å². The second-order valence-corrected chi connectivity index (χ2v) is 8.00. The van der Waals surface area contributed by atoms with Crippen LogP contribution >= 0.6 is 0 Å². The van der Waals surface area contributed by atoms with Crippen LogP contribution in [0.4, 0.5) is 11.4 Å². The molecule has 0 saturated carbocycles. The van der Waals surface area contributed by atoms with Gasteiger partial charge in [0.15, 0.2) is 0 Å².